The van der Waals surface area contributed by atoms with Gasteiger partial charge in [0.05, 0.1) is 6.61 Å². The highest BCUT2D eigenvalue weighted by atomic mass is 16.4. The Morgan fingerprint density at radius 3 is 1.64 bits per heavy atom. The summed E-state index contributed by atoms with van der Waals surface area (Å²) < 4.78 is 0. The fourth-order valence-electron chi connectivity index (χ4n) is 4.20. The third kappa shape index (κ3) is 5.14. The minimum absolute atomic E-state index is 0.0612. The molecule has 0 unspecified atom stereocenters. The number of carbonyl (C=O) groups excluding carboxylic acids is 1. The molecule has 2 rings (SSSR count). The Labute approximate surface area is 149 Å². The van der Waals surface area contributed by atoms with Gasteiger partial charge in [-0.2, -0.15) is 0 Å². The van der Waals surface area contributed by atoms with E-state index < -0.39 is 36.9 Å². The van der Waals surface area contributed by atoms with Crippen LogP contribution in [0, 0.1) is 0 Å². The third-order valence-corrected chi connectivity index (χ3v) is 5.70. The zero-order valence-electron chi connectivity index (χ0n) is 14.8. The highest BCUT2D eigenvalue weighted by Crippen LogP contribution is 2.31. The Morgan fingerprint density at radius 2 is 1.24 bits per heavy atom. The number of aliphatic hydroxyl groups excluding tert-OH is 5. The van der Waals surface area contributed by atoms with Gasteiger partial charge in [0.2, 0.25) is 0 Å². The highest BCUT2D eigenvalue weighted by Gasteiger charge is 2.40. The fraction of sp³-hybridized carbons (Fsp3) is 0.944. The quantitative estimate of drug-likeness (QED) is 0.433. The molecule has 2 saturated carbocycles. The van der Waals surface area contributed by atoms with Gasteiger partial charge < -0.3 is 30.4 Å². The second-order valence-corrected chi connectivity index (χ2v) is 7.51. The number of amides is 1. The smallest absolute Gasteiger partial charge is 0.254 e. The molecule has 0 spiro atoms. The Hall–Kier alpha value is -0.730. The molecule has 2 fully saturated rings. The predicted octanol–water partition coefficient (Wildman–Crippen LogP) is -0.0837. The van der Waals surface area contributed by atoms with Gasteiger partial charge in [-0.25, -0.2) is 0 Å². The second kappa shape index (κ2) is 9.83. The molecule has 0 aromatic heterocycles. The first-order valence-electron chi connectivity index (χ1n) is 9.62. The maximum absolute atomic E-state index is 13.0. The Balaban J connectivity index is 2.12. The molecule has 0 radical (unpaired) electrons. The summed E-state index contributed by atoms with van der Waals surface area (Å²) in [6, 6.07) is 0.122. The molecule has 146 valence electrons. The summed E-state index contributed by atoms with van der Waals surface area (Å²) in [5, 5.41) is 48.6. The van der Waals surface area contributed by atoms with Crippen LogP contribution < -0.4 is 0 Å². The summed E-state index contributed by atoms with van der Waals surface area (Å²) in [7, 11) is 0. The normalized spacial score (nSPS) is 25.2. The number of carbonyl (C=O) groups is 1. The fourth-order valence-corrected chi connectivity index (χ4v) is 4.20. The lowest BCUT2D eigenvalue weighted by Gasteiger charge is -2.43. The van der Waals surface area contributed by atoms with Crippen LogP contribution in [0.15, 0.2) is 0 Å². The van der Waals surface area contributed by atoms with Crippen LogP contribution in [0.5, 0.6) is 0 Å². The molecule has 25 heavy (non-hydrogen) atoms. The molecule has 5 N–H and O–H groups in total. The lowest BCUT2D eigenvalue weighted by molar-refractivity contribution is -0.164. The summed E-state index contributed by atoms with van der Waals surface area (Å²) in [5.41, 5.74) is 0. The topological polar surface area (TPSA) is 121 Å². The van der Waals surface area contributed by atoms with Crippen LogP contribution in [-0.2, 0) is 4.79 Å². The molecular formula is C18H33NO6. The van der Waals surface area contributed by atoms with E-state index in [0.717, 1.165) is 64.2 Å². The van der Waals surface area contributed by atoms with Crippen molar-refractivity contribution in [1.82, 2.24) is 4.90 Å². The molecule has 7 nitrogen and oxygen atoms in total. The van der Waals surface area contributed by atoms with Gasteiger partial charge in [-0.1, -0.05) is 38.5 Å². The largest absolute Gasteiger partial charge is 0.394 e. The van der Waals surface area contributed by atoms with Crippen LogP contribution in [0.1, 0.15) is 64.2 Å². The van der Waals surface area contributed by atoms with Gasteiger partial charge in [-0.05, 0) is 25.7 Å². The molecule has 0 heterocycles. The van der Waals surface area contributed by atoms with E-state index in [0.29, 0.717) is 0 Å². The van der Waals surface area contributed by atoms with E-state index >= 15 is 0 Å². The highest BCUT2D eigenvalue weighted by molar-refractivity contribution is 5.82. The van der Waals surface area contributed by atoms with E-state index in [2.05, 4.69) is 0 Å². The van der Waals surface area contributed by atoms with Gasteiger partial charge in [0.1, 0.15) is 18.3 Å². The standard InChI is InChI=1S/C18H33NO6/c20-11-14(21)15(22)16(23)17(24)18(25)19(12-7-3-1-4-8-12)13-9-5-2-6-10-13/h12-17,20-24H,1-11H2/t14-,15-,16-,17+/m1/s1. The van der Waals surface area contributed by atoms with Crippen LogP contribution in [-0.4, -0.2) is 79.4 Å². The Kier molecular flexibility index (Phi) is 8.09. The van der Waals surface area contributed by atoms with E-state index in [4.69, 9.17) is 5.11 Å². The summed E-state index contributed by atoms with van der Waals surface area (Å²) in [4.78, 5) is 14.7. The number of rotatable bonds is 7. The zero-order valence-corrected chi connectivity index (χ0v) is 14.8. The third-order valence-electron chi connectivity index (χ3n) is 5.70. The monoisotopic (exact) mass is 359 g/mol. The average molecular weight is 359 g/mol. The van der Waals surface area contributed by atoms with Crippen molar-refractivity contribution in [2.24, 2.45) is 0 Å². The molecule has 0 saturated heterocycles. The minimum atomic E-state index is -1.83. The lowest BCUT2D eigenvalue weighted by Crippen LogP contribution is -2.57. The summed E-state index contributed by atoms with van der Waals surface area (Å²) >= 11 is 0. The van der Waals surface area contributed by atoms with Gasteiger partial charge in [0.15, 0.2) is 6.10 Å². The van der Waals surface area contributed by atoms with Gasteiger partial charge in [-0.3, -0.25) is 4.79 Å². The first kappa shape index (κ1) is 20.6. The van der Waals surface area contributed by atoms with Gasteiger partial charge >= 0.3 is 0 Å². The molecule has 0 aromatic rings. The maximum atomic E-state index is 13.0. The van der Waals surface area contributed by atoms with Crippen molar-refractivity contribution in [3.63, 3.8) is 0 Å². The molecule has 1 amide bonds. The molecule has 2 aliphatic carbocycles. The van der Waals surface area contributed by atoms with Crippen LogP contribution in [0.2, 0.25) is 0 Å². The zero-order chi connectivity index (χ0) is 18.4. The van der Waals surface area contributed by atoms with Crippen LogP contribution in [0.4, 0.5) is 0 Å². The van der Waals surface area contributed by atoms with E-state index in [1.165, 1.54) is 0 Å². The SMILES string of the molecule is O=C([C@@H](O)[C@H](O)[C@H](O)[C@H](O)CO)N(C1CCCCC1)C1CCCCC1. The molecule has 4 atom stereocenters. The van der Waals surface area contributed by atoms with Crippen LogP contribution in [0.25, 0.3) is 0 Å². The van der Waals surface area contributed by atoms with E-state index in [1.807, 2.05) is 0 Å². The Morgan fingerprint density at radius 1 is 0.800 bits per heavy atom. The molecular weight excluding hydrogens is 326 g/mol. The van der Waals surface area contributed by atoms with Crippen molar-refractivity contribution in [3.05, 3.63) is 0 Å². The molecule has 0 aliphatic heterocycles. The summed E-state index contributed by atoms with van der Waals surface area (Å²) in [6.45, 7) is -0.756. The van der Waals surface area contributed by atoms with Gasteiger partial charge in [0.25, 0.3) is 5.91 Å². The number of nitrogens with zero attached hydrogens (tertiary/aromatic N) is 1. The number of hydrogen-bond donors (Lipinski definition) is 5. The predicted molar refractivity (Wildman–Crippen MR) is 91.7 cm³/mol. The van der Waals surface area contributed by atoms with E-state index in [9.17, 15) is 25.2 Å². The van der Waals surface area contributed by atoms with E-state index in [-0.39, 0.29) is 12.1 Å². The molecule has 2 aliphatic rings. The first-order valence-corrected chi connectivity index (χ1v) is 9.62. The van der Waals surface area contributed by atoms with Gasteiger partial charge in [-0.15, -0.1) is 0 Å². The molecule has 7 heteroatoms. The van der Waals surface area contributed by atoms with Crippen LogP contribution in [0.3, 0.4) is 0 Å². The number of aliphatic hydroxyl groups is 5. The Bertz CT molecular complexity index is 390. The second-order valence-electron chi connectivity index (χ2n) is 7.51. The van der Waals surface area contributed by atoms with E-state index in [1.54, 1.807) is 4.90 Å². The lowest BCUT2D eigenvalue weighted by atomic mass is 9.87. The molecule has 0 bridgehead atoms. The first-order chi connectivity index (χ1) is 12.0. The van der Waals surface area contributed by atoms with Gasteiger partial charge in [0, 0.05) is 12.1 Å². The summed E-state index contributed by atoms with van der Waals surface area (Å²) in [6.07, 6.45) is 3.06. The minimum Gasteiger partial charge on any atom is -0.394 e. The van der Waals surface area contributed by atoms with Crippen molar-refractivity contribution in [2.75, 3.05) is 6.61 Å². The van der Waals surface area contributed by atoms with Crippen molar-refractivity contribution in [3.8, 4) is 0 Å². The van der Waals surface area contributed by atoms with Crippen molar-refractivity contribution in [2.45, 2.75) is 101 Å². The van der Waals surface area contributed by atoms with Crippen molar-refractivity contribution in [1.29, 1.82) is 0 Å². The maximum Gasteiger partial charge on any atom is 0.254 e. The van der Waals surface area contributed by atoms with Crippen molar-refractivity contribution >= 4 is 5.91 Å². The van der Waals surface area contributed by atoms with Crippen molar-refractivity contribution < 1.29 is 30.3 Å². The summed E-state index contributed by atoms with van der Waals surface area (Å²) in [5.74, 6) is -0.574. The van der Waals surface area contributed by atoms with Crippen LogP contribution >= 0.6 is 0 Å². The number of hydrogen-bond acceptors (Lipinski definition) is 6. The molecule has 0 aromatic carbocycles. The average Bonchev–Trinajstić information content (AvgIpc) is 2.67.